The second kappa shape index (κ2) is 7.77. The van der Waals surface area contributed by atoms with E-state index in [9.17, 15) is 0 Å². The van der Waals surface area contributed by atoms with Gasteiger partial charge >= 0.3 is 0 Å². The molecule has 0 atom stereocenters. The van der Waals surface area contributed by atoms with Crippen molar-refractivity contribution in [1.82, 2.24) is 0 Å². The van der Waals surface area contributed by atoms with Crippen LogP contribution in [0.3, 0.4) is 0 Å². The fourth-order valence-corrected chi connectivity index (χ4v) is 1.70. The minimum Gasteiger partial charge on any atom is -0.400 e. The zero-order valence-corrected chi connectivity index (χ0v) is 9.14. The molecular weight excluding hydrogens is 180 g/mol. The molecule has 0 radical (unpaired) electrons. The molecule has 2 rings (SSSR count). The van der Waals surface area contributed by atoms with Crippen LogP contribution in [0.25, 0.3) is 10.1 Å². The first-order chi connectivity index (χ1) is 6.47. The Morgan fingerprint density at radius 2 is 1.62 bits per heavy atom. The van der Waals surface area contributed by atoms with E-state index in [1.807, 2.05) is 13.8 Å². The molecule has 0 fully saturated rings. The summed E-state index contributed by atoms with van der Waals surface area (Å²) in [6.07, 6.45) is 0. The highest BCUT2D eigenvalue weighted by Crippen LogP contribution is 2.18. The molecule has 0 spiro atoms. The van der Waals surface area contributed by atoms with E-state index >= 15 is 0 Å². The molecule has 1 heterocycles. The number of aliphatic hydroxyl groups excluding tert-OH is 1. The first-order valence-electron chi connectivity index (χ1n) is 4.34. The molecule has 0 saturated carbocycles. The SMILES string of the molecule is CC.CO.c1ccc2sccc2c1. The lowest BCUT2D eigenvalue weighted by molar-refractivity contribution is 0.399. The summed E-state index contributed by atoms with van der Waals surface area (Å²) in [6.45, 7) is 4.00. The Labute approximate surface area is 83.7 Å². The molecule has 2 heteroatoms. The Morgan fingerprint density at radius 3 is 2.23 bits per heavy atom. The highest BCUT2D eigenvalue weighted by molar-refractivity contribution is 7.17. The molecule has 1 nitrogen and oxygen atoms in total. The van der Waals surface area contributed by atoms with E-state index in [2.05, 4.69) is 35.7 Å². The summed E-state index contributed by atoms with van der Waals surface area (Å²) >= 11 is 1.79. The number of thiophene rings is 1. The maximum atomic E-state index is 7.00. The Balaban J connectivity index is 0.000000322. The molecule has 0 amide bonds. The average Bonchev–Trinajstić information content (AvgIpc) is 2.71. The molecule has 72 valence electrons. The molecule has 1 N–H and O–H groups in total. The highest BCUT2D eigenvalue weighted by atomic mass is 32.1. The summed E-state index contributed by atoms with van der Waals surface area (Å²) in [5, 5.41) is 10.5. The Kier molecular flexibility index (Phi) is 7.26. The minimum atomic E-state index is 1.00. The van der Waals surface area contributed by atoms with Crippen molar-refractivity contribution >= 4 is 21.4 Å². The summed E-state index contributed by atoms with van der Waals surface area (Å²) in [5.74, 6) is 0. The molecule has 2 aromatic rings. The van der Waals surface area contributed by atoms with Gasteiger partial charge in [-0.3, -0.25) is 0 Å². The number of aliphatic hydroxyl groups is 1. The van der Waals surface area contributed by atoms with Crippen LogP contribution in [0.15, 0.2) is 35.7 Å². The van der Waals surface area contributed by atoms with Gasteiger partial charge in [0.25, 0.3) is 0 Å². The van der Waals surface area contributed by atoms with Gasteiger partial charge in [-0.25, -0.2) is 0 Å². The lowest BCUT2D eigenvalue weighted by atomic mass is 10.3. The van der Waals surface area contributed by atoms with Crippen LogP contribution in [0.5, 0.6) is 0 Å². The van der Waals surface area contributed by atoms with Gasteiger partial charge in [0.15, 0.2) is 0 Å². The zero-order valence-electron chi connectivity index (χ0n) is 8.32. The number of fused-ring (bicyclic) bond motifs is 1. The number of benzene rings is 1. The second-order valence-corrected chi connectivity index (χ2v) is 2.91. The largest absolute Gasteiger partial charge is 0.400 e. The Bertz CT molecular complexity index is 284. The summed E-state index contributed by atoms with van der Waals surface area (Å²) in [6, 6.07) is 10.5. The summed E-state index contributed by atoms with van der Waals surface area (Å²) in [7, 11) is 1.00. The van der Waals surface area contributed by atoms with Crippen molar-refractivity contribution in [2.24, 2.45) is 0 Å². The second-order valence-electron chi connectivity index (χ2n) is 1.96. The van der Waals surface area contributed by atoms with Crippen molar-refractivity contribution in [2.75, 3.05) is 7.11 Å². The number of rotatable bonds is 0. The van der Waals surface area contributed by atoms with E-state index in [1.165, 1.54) is 10.1 Å². The average molecular weight is 196 g/mol. The van der Waals surface area contributed by atoms with Crippen molar-refractivity contribution in [2.45, 2.75) is 13.8 Å². The maximum Gasteiger partial charge on any atom is 0.0342 e. The number of hydrogen-bond acceptors (Lipinski definition) is 2. The van der Waals surface area contributed by atoms with E-state index in [0.717, 1.165) is 7.11 Å². The van der Waals surface area contributed by atoms with Crippen molar-refractivity contribution < 1.29 is 5.11 Å². The van der Waals surface area contributed by atoms with Crippen LogP contribution in [-0.2, 0) is 0 Å². The third-order valence-corrected chi connectivity index (χ3v) is 2.26. The van der Waals surface area contributed by atoms with Gasteiger partial charge in [-0.1, -0.05) is 32.0 Å². The summed E-state index contributed by atoms with van der Waals surface area (Å²) < 4.78 is 1.37. The zero-order chi connectivity index (χ0) is 10.1. The van der Waals surface area contributed by atoms with Crippen LogP contribution in [-0.4, -0.2) is 12.2 Å². The van der Waals surface area contributed by atoms with E-state index in [0.29, 0.717) is 0 Å². The van der Waals surface area contributed by atoms with Gasteiger partial charge in [-0.2, -0.15) is 0 Å². The van der Waals surface area contributed by atoms with E-state index in [-0.39, 0.29) is 0 Å². The molecular formula is C11H16OS. The van der Waals surface area contributed by atoms with Crippen LogP contribution >= 0.6 is 11.3 Å². The van der Waals surface area contributed by atoms with Gasteiger partial charge in [-0.15, -0.1) is 11.3 Å². The highest BCUT2D eigenvalue weighted by Gasteiger charge is 1.87. The van der Waals surface area contributed by atoms with E-state index in [1.54, 1.807) is 11.3 Å². The summed E-state index contributed by atoms with van der Waals surface area (Å²) in [5.41, 5.74) is 0. The maximum absolute atomic E-state index is 7.00. The Hall–Kier alpha value is -0.860. The number of hydrogen-bond donors (Lipinski definition) is 1. The molecule has 0 aliphatic heterocycles. The minimum absolute atomic E-state index is 1.00. The van der Waals surface area contributed by atoms with Crippen LogP contribution in [0.2, 0.25) is 0 Å². The lowest BCUT2D eigenvalue weighted by Gasteiger charge is -1.82. The quantitative estimate of drug-likeness (QED) is 0.683. The van der Waals surface area contributed by atoms with E-state index in [4.69, 9.17) is 5.11 Å². The molecule has 1 aromatic carbocycles. The fraction of sp³-hybridized carbons (Fsp3) is 0.273. The Morgan fingerprint density at radius 1 is 1.00 bits per heavy atom. The summed E-state index contributed by atoms with van der Waals surface area (Å²) in [4.78, 5) is 0. The van der Waals surface area contributed by atoms with Gasteiger partial charge in [0, 0.05) is 11.8 Å². The van der Waals surface area contributed by atoms with Crippen LogP contribution in [0.1, 0.15) is 13.8 Å². The van der Waals surface area contributed by atoms with Crippen molar-refractivity contribution in [1.29, 1.82) is 0 Å². The fourth-order valence-electron chi connectivity index (χ4n) is 0.906. The first-order valence-corrected chi connectivity index (χ1v) is 5.22. The molecule has 0 bridgehead atoms. The lowest BCUT2D eigenvalue weighted by Crippen LogP contribution is -1.56. The van der Waals surface area contributed by atoms with Crippen LogP contribution in [0, 0.1) is 0 Å². The van der Waals surface area contributed by atoms with Gasteiger partial charge < -0.3 is 5.11 Å². The third kappa shape index (κ3) is 3.57. The van der Waals surface area contributed by atoms with Crippen molar-refractivity contribution in [3.63, 3.8) is 0 Å². The third-order valence-electron chi connectivity index (χ3n) is 1.36. The molecule has 0 aliphatic rings. The molecule has 0 saturated heterocycles. The van der Waals surface area contributed by atoms with Gasteiger partial charge in [-0.05, 0) is 22.9 Å². The molecule has 0 unspecified atom stereocenters. The van der Waals surface area contributed by atoms with Crippen LogP contribution in [0.4, 0.5) is 0 Å². The normalized spacial score (nSPS) is 8.00. The molecule has 1 aromatic heterocycles. The van der Waals surface area contributed by atoms with Crippen LogP contribution < -0.4 is 0 Å². The van der Waals surface area contributed by atoms with Gasteiger partial charge in [0.2, 0.25) is 0 Å². The molecule has 0 aliphatic carbocycles. The van der Waals surface area contributed by atoms with Crippen molar-refractivity contribution in [3.8, 4) is 0 Å². The van der Waals surface area contributed by atoms with Gasteiger partial charge in [0.05, 0.1) is 0 Å². The predicted molar refractivity (Wildman–Crippen MR) is 61.3 cm³/mol. The smallest absolute Gasteiger partial charge is 0.0342 e. The standard InChI is InChI=1S/C8H6S.C2H6.CH4O/c1-2-4-8-7(3-1)5-6-9-8;2*1-2/h1-6H;1-2H3;2H,1H3. The van der Waals surface area contributed by atoms with E-state index < -0.39 is 0 Å². The molecule has 13 heavy (non-hydrogen) atoms. The van der Waals surface area contributed by atoms with Gasteiger partial charge in [0.1, 0.15) is 0 Å². The monoisotopic (exact) mass is 196 g/mol. The topological polar surface area (TPSA) is 20.2 Å². The predicted octanol–water partition coefficient (Wildman–Crippen LogP) is 3.54. The van der Waals surface area contributed by atoms with Crippen molar-refractivity contribution in [3.05, 3.63) is 35.7 Å². The first kappa shape index (κ1) is 12.1.